The number of benzene rings is 7. The Hall–Kier alpha value is -5.86. The Morgan fingerprint density at radius 3 is 1.80 bits per heavy atom. The van der Waals surface area contributed by atoms with E-state index in [1.165, 1.54) is 72.7 Å². The second-order valence-electron chi connectivity index (χ2n) is 14.7. The van der Waals surface area contributed by atoms with E-state index in [4.69, 9.17) is 0 Å². The van der Waals surface area contributed by atoms with Gasteiger partial charge < -0.3 is 10.2 Å². The highest BCUT2D eigenvalue weighted by atomic mass is 15.2. The summed E-state index contributed by atoms with van der Waals surface area (Å²) in [6.45, 7) is 9.46. The second kappa shape index (κ2) is 11.4. The summed E-state index contributed by atoms with van der Waals surface area (Å²) in [7, 11) is 0. The quantitative estimate of drug-likeness (QED) is 0.201. The molecule has 0 unspecified atom stereocenters. The molecule has 0 fully saturated rings. The Morgan fingerprint density at radius 1 is 0.400 bits per heavy atom. The number of fused-ring (bicyclic) bond motifs is 5. The second-order valence-corrected chi connectivity index (χ2v) is 14.7. The molecule has 0 atom stereocenters. The number of anilines is 5. The molecule has 0 aromatic heterocycles. The van der Waals surface area contributed by atoms with Gasteiger partial charge in [-0.1, -0.05) is 137 Å². The maximum Gasteiger partial charge on any atom is 0.0503 e. The number of nitrogens with zero attached hydrogens (tertiary/aromatic N) is 1. The van der Waals surface area contributed by atoms with Gasteiger partial charge >= 0.3 is 0 Å². The lowest BCUT2D eigenvalue weighted by atomic mass is 9.72. The summed E-state index contributed by atoms with van der Waals surface area (Å²) >= 11 is 0. The Balaban J connectivity index is 1.18. The average molecular weight is 645 g/mol. The number of hydrogen-bond acceptors (Lipinski definition) is 2. The van der Waals surface area contributed by atoms with Gasteiger partial charge in [0.15, 0.2) is 0 Å². The molecule has 242 valence electrons. The lowest BCUT2D eigenvalue weighted by Gasteiger charge is -2.42. The molecular weight excluding hydrogens is 605 g/mol. The van der Waals surface area contributed by atoms with Crippen molar-refractivity contribution in [2.45, 2.75) is 38.5 Å². The summed E-state index contributed by atoms with van der Waals surface area (Å²) in [5.74, 6) is 0. The summed E-state index contributed by atoms with van der Waals surface area (Å²) in [4.78, 5) is 2.49. The molecule has 0 amide bonds. The Morgan fingerprint density at radius 2 is 1.00 bits per heavy atom. The maximum atomic E-state index is 3.67. The van der Waals surface area contributed by atoms with E-state index in [1.807, 2.05) is 6.07 Å². The minimum absolute atomic E-state index is 0.0683. The van der Waals surface area contributed by atoms with Gasteiger partial charge in [0.05, 0.1) is 11.4 Å². The van der Waals surface area contributed by atoms with Crippen molar-refractivity contribution in [3.05, 3.63) is 186 Å². The van der Waals surface area contributed by atoms with Crippen LogP contribution in [-0.4, -0.2) is 0 Å². The first-order chi connectivity index (χ1) is 24.3. The molecule has 2 nitrogen and oxygen atoms in total. The first-order valence-electron chi connectivity index (χ1n) is 17.6. The normalized spacial score (nSPS) is 14.7. The monoisotopic (exact) mass is 644 g/mol. The van der Waals surface area contributed by atoms with Gasteiger partial charge in [-0.15, -0.1) is 0 Å². The Labute approximate surface area is 295 Å². The predicted octanol–water partition coefficient (Wildman–Crippen LogP) is 13.2. The molecule has 0 spiro atoms. The van der Waals surface area contributed by atoms with Gasteiger partial charge in [-0.05, 0) is 105 Å². The van der Waals surface area contributed by atoms with Crippen LogP contribution < -0.4 is 10.2 Å². The molecule has 0 saturated heterocycles. The van der Waals surface area contributed by atoms with E-state index in [0.29, 0.717) is 0 Å². The highest BCUT2D eigenvalue weighted by Crippen LogP contribution is 2.55. The fourth-order valence-corrected chi connectivity index (χ4v) is 8.36. The van der Waals surface area contributed by atoms with E-state index in [-0.39, 0.29) is 10.8 Å². The third-order valence-corrected chi connectivity index (χ3v) is 11.0. The molecule has 0 radical (unpaired) electrons. The molecule has 50 heavy (non-hydrogen) atoms. The fraction of sp³-hybridized carbons (Fsp3) is 0.125. The minimum Gasteiger partial charge on any atom is -0.355 e. The van der Waals surface area contributed by atoms with E-state index < -0.39 is 0 Å². The predicted molar refractivity (Wildman–Crippen MR) is 211 cm³/mol. The molecule has 1 aliphatic heterocycles. The standard InChI is InChI=1S/C48H40N2/c1-47(2)40-20-12-11-19-37(40)38-26-25-36(31-42(38)47)50-45-22-14-13-21-41(45)48(3,4)43-30-34(24-28-46(43)50)33-23-27-44(49-35-17-9-6-10-18-35)39(29-33)32-15-7-5-8-16-32/h5-31,49H,1-4H3. The number of nitrogens with one attached hydrogen (secondary N) is 1. The van der Waals surface area contributed by atoms with Gasteiger partial charge in [0.25, 0.3) is 0 Å². The van der Waals surface area contributed by atoms with Crippen molar-refractivity contribution in [1.29, 1.82) is 0 Å². The Kier molecular flexibility index (Phi) is 6.86. The zero-order valence-corrected chi connectivity index (χ0v) is 29.0. The van der Waals surface area contributed by atoms with Crippen LogP contribution in [0.5, 0.6) is 0 Å². The van der Waals surface area contributed by atoms with E-state index in [9.17, 15) is 0 Å². The third-order valence-electron chi connectivity index (χ3n) is 11.0. The van der Waals surface area contributed by atoms with E-state index >= 15 is 0 Å². The van der Waals surface area contributed by atoms with Crippen molar-refractivity contribution in [2.75, 3.05) is 10.2 Å². The van der Waals surface area contributed by atoms with Crippen LogP contribution in [0.2, 0.25) is 0 Å². The summed E-state index contributed by atoms with van der Waals surface area (Å²) < 4.78 is 0. The molecule has 2 aliphatic rings. The van der Waals surface area contributed by atoms with Crippen LogP contribution in [0.25, 0.3) is 33.4 Å². The van der Waals surface area contributed by atoms with Crippen molar-refractivity contribution >= 4 is 28.4 Å². The van der Waals surface area contributed by atoms with Gasteiger partial charge in [-0.25, -0.2) is 0 Å². The van der Waals surface area contributed by atoms with Gasteiger partial charge in [0, 0.05) is 33.5 Å². The molecule has 7 aromatic rings. The first kappa shape index (κ1) is 30.2. The molecule has 2 heteroatoms. The van der Waals surface area contributed by atoms with Crippen molar-refractivity contribution in [3.8, 4) is 33.4 Å². The van der Waals surface area contributed by atoms with Gasteiger partial charge in [-0.2, -0.15) is 0 Å². The van der Waals surface area contributed by atoms with Crippen LogP contribution in [0.4, 0.5) is 28.4 Å². The zero-order valence-electron chi connectivity index (χ0n) is 29.0. The largest absolute Gasteiger partial charge is 0.355 e. The third kappa shape index (κ3) is 4.70. The molecule has 7 aromatic carbocycles. The van der Waals surface area contributed by atoms with Gasteiger partial charge in [0.2, 0.25) is 0 Å². The summed E-state index contributed by atoms with van der Waals surface area (Å²) in [5, 5.41) is 3.67. The van der Waals surface area contributed by atoms with Gasteiger partial charge in [-0.3, -0.25) is 0 Å². The molecule has 1 heterocycles. The van der Waals surface area contributed by atoms with E-state index in [2.05, 4.69) is 196 Å². The zero-order chi connectivity index (χ0) is 34.0. The minimum atomic E-state index is -0.193. The van der Waals surface area contributed by atoms with Crippen LogP contribution >= 0.6 is 0 Å². The fourth-order valence-electron chi connectivity index (χ4n) is 8.36. The maximum absolute atomic E-state index is 3.67. The highest BCUT2D eigenvalue weighted by Gasteiger charge is 2.39. The molecule has 9 rings (SSSR count). The first-order valence-corrected chi connectivity index (χ1v) is 17.6. The van der Waals surface area contributed by atoms with Crippen LogP contribution in [-0.2, 0) is 10.8 Å². The number of para-hydroxylation sites is 2. The van der Waals surface area contributed by atoms with Crippen molar-refractivity contribution in [1.82, 2.24) is 0 Å². The summed E-state index contributed by atoms with van der Waals surface area (Å²) in [6, 6.07) is 59.9. The topological polar surface area (TPSA) is 15.3 Å². The van der Waals surface area contributed by atoms with Gasteiger partial charge in [0.1, 0.15) is 0 Å². The summed E-state index contributed by atoms with van der Waals surface area (Å²) in [5.41, 5.74) is 18.5. The lowest BCUT2D eigenvalue weighted by molar-refractivity contribution is 0.632. The van der Waals surface area contributed by atoms with Crippen molar-refractivity contribution < 1.29 is 0 Å². The average Bonchev–Trinajstić information content (AvgIpc) is 3.38. The van der Waals surface area contributed by atoms with Crippen molar-refractivity contribution in [2.24, 2.45) is 0 Å². The van der Waals surface area contributed by atoms with E-state index in [0.717, 1.165) is 11.4 Å². The number of rotatable bonds is 5. The highest BCUT2D eigenvalue weighted by molar-refractivity contribution is 5.91. The Bertz CT molecular complexity index is 2400. The SMILES string of the molecule is CC1(C)c2ccccc2-c2ccc(N3c4ccccc4C(C)(C)c4cc(-c5ccc(Nc6ccccc6)c(-c6ccccc6)c5)ccc43)cc21. The molecule has 0 saturated carbocycles. The van der Waals surface area contributed by atoms with Crippen LogP contribution in [0.3, 0.4) is 0 Å². The number of hydrogen-bond donors (Lipinski definition) is 1. The summed E-state index contributed by atoms with van der Waals surface area (Å²) in [6.07, 6.45) is 0. The molecule has 0 bridgehead atoms. The van der Waals surface area contributed by atoms with Crippen LogP contribution in [0.15, 0.2) is 164 Å². The molecular formula is C48H40N2. The van der Waals surface area contributed by atoms with Crippen molar-refractivity contribution in [3.63, 3.8) is 0 Å². The smallest absolute Gasteiger partial charge is 0.0503 e. The lowest BCUT2D eigenvalue weighted by Crippen LogP contribution is -2.30. The van der Waals surface area contributed by atoms with E-state index in [1.54, 1.807) is 0 Å². The van der Waals surface area contributed by atoms with Crippen LogP contribution in [0.1, 0.15) is 49.9 Å². The molecule has 1 N–H and O–H groups in total. The van der Waals surface area contributed by atoms with Crippen LogP contribution in [0, 0.1) is 0 Å². The molecule has 1 aliphatic carbocycles.